The molecule has 0 bridgehead atoms. The highest BCUT2D eigenvalue weighted by molar-refractivity contribution is 6.30. The standard InChI is InChI=1S/C15H21ClN2O/c1-9(2)14(15(17)19)18-13-7-11(8-13)10-4-3-5-12(16)6-10/h3-6,9,11,13-14,18H,7-8H2,1-2H3,(H2,17,19). The van der Waals surface area contributed by atoms with Gasteiger partial charge in [0.2, 0.25) is 5.91 Å². The first kappa shape index (κ1) is 14.4. The molecule has 0 radical (unpaired) electrons. The topological polar surface area (TPSA) is 55.1 Å². The van der Waals surface area contributed by atoms with Crippen molar-refractivity contribution in [3.63, 3.8) is 0 Å². The summed E-state index contributed by atoms with van der Waals surface area (Å²) < 4.78 is 0. The van der Waals surface area contributed by atoms with Crippen molar-refractivity contribution in [3.8, 4) is 0 Å². The molecule has 0 aliphatic heterocycles. The van der Waals surface area contributed by atoms with E-state index in [9.17, 15) is 4.79 Å². The summed E-state index contributed by atoms with van der Waals surface area (Å²) in [6.45, 7) is 4.02. The highest BCUT2D eigenvalue weighted by atomic mass is 35.5. The van der Waals surface area contributed by atoms with E-state index in [4.69, 9.17) is 17.3 Å². The minimum atomic E-state index is -0.263. The Bertz CT molecular complexity index is 455. The van der Waals surface area contributed by atoms with E-state index in [1.165, 1.54) is 5.56 Å². The van der Waals surface area contributed by atoms with E-state index in [-0.39, 0.29) is 17.9 Å². The summed E-state index contributed by atoms with van der Waals surface area (Å²) in [6, 6.07) is 8.16. The van der Waals surface area contributed by atoms with Crippen LogP contribution in [0.5, 0.6) is 0 Å². The van der Waals surface area contributed by atoms with Gasteiger partial charge >= 0.3 is 0 Å². The average Bonchev–Trinajstić information content (AvgIpc) is 2.26. The Morgan fingerprint density at radius 3 is 2.63 bits per heavy atom. The zero-order valence-electron chi connectivity index (χ0n) is 11.4. The second-order valence-electron chi connectivity index (χ2n) is 5.71. The van der Waals surface area contributed by atoms with E-state index in [2.05, 4.69) is 11.4 Å². The van der Waals surface area contributed by atoms with Gasteiger partial charge in [-0.05, 0) is 42.4 Å². The smallest absolute Gasteiger partial charge is 0.234 e. The SMILES string of the molecule is CC(C)C(NC1CC(c2cccc(Cl)c2)C1)C(N)=O. The van der Waals surface area contributed by atoms with Gasteiger partial charge in [0.05, 0.1) is 6.04 Å². The van der Waals surface area contributed by atoms with Crippen LogP contribution >= 0.6 is 11.6 Å². The summed E-state index contributed by atoms with van der Waals surface area (Å²) >= 11 is 6.00. The van der Waals surface area contributed by atoms with Crippen LogP contribution in [-0.4, -0.2) is 18.0 Å². The quantitative estimate of drug-likeness (QED) is 0.871. The zero-order valence-corrected chi connectivity index (χ0v) is 12.2. The van der Waals surface area contributed by atoms with E-state index in [0.29, 0.717) is 12.0 Å². The molecule has 0 aromatic heterocycles. The number of hydrogen-bond donors (Lipinski definition) is 2. The monoisotopic (exact) mass is 280 g/mol. The van der Waals surface area contributed by atoms with Gasteiger partial charge in [-0.15, -0.1) is 0 Å². The number of primary amides is 1. The van der Waals surface area contributed by atoms with Crippen LogP contribution in [0.25, 0.3) is 0 Å². The molecule has 1 aliphatic rings. The van der Waals surface area contributed by atoms with Gasteiger partial charge in [0.25, 0.3) is 0 Å². The first-order valence-corrected chi connectivity index (χ1v) is 7.16. The second-order valence-corrected chi connectivity index (χ2v) is 6.15. The van der Waals surface area contributed by atoms with Crippen LogP contribution in [0.3, 0.4) is 0 Å². The fourth-order valence-corrected chi connectivity index (χ4v) is 2.84. The normalized spacial score (nSPS) is 24.0. The van der Waals surface area contributed by atoms with Crippen LogP contribution in [0.1, 0.15) is 38.2 Å². The molecule has 0 saturated heterocycles. The summed E-state index contributed by atoms with van der Waals surface area (Å²) in [5, 5.41) is 4.14. The van der Waals surface area contributed by atoms with Gasteiger partial charge in [0.1, 0.15) is 0 Å². The highest BCUT2D eigenvalue weighted by Gasteiger charge is 2.33. The van der Waals surface area contributed by atoms with Crippen LogP contribution in [0, 0.1) is 5.92 Å². The van der Waals surface area contributed by atoms with Crippen molar-refractivity contribution in [1.82, 2.24) is 5.32 Å². The summed E-state index contributed by atoms with van der Waals surface area (Å²) in [6.07, 6.45) is 2.08. The number of hydrogen-bond acceptors (Lipinski definition) is 2. The molecule has 0 spiro atoms. The lowest BCUT2D eigenvalue weighted by Gasteiger charge is -2.39. The van der Waals surface area contributed by atoms with Crippen molar-refractivity contribution in [2.75, 3.05) is 0 Å². The van der Waals surface area contributed by atoms with Crippen LogP contribution in [0.4, 0.5) is 0 Å². The lowest BCUT2D eigenvalue weighted by atomic mass is 9.75. The van der Waals surface area contributed by atoms with Crippen molar-refractivity contribution in [2.24, 2.45) is 11.7 Å². The van der Waals surface area contributed by atoms with Crippen LogP contribution < -0.4 is 11.1 Å². The Hall–Kier alpha value is -1.06. The first-order chi connectivity index (χ1) is 8.97. The highest BCUT2D eigenvalue weighted by Crippen LogP contribution is 2.38. The molecule has 1 aromatic rings. The predicted octanol–water partition coefficient (Wildman–Crippen LogP) is 2.69. The molecular weight excluding hydrogens is 260 g/mol. The van der Waals surface area contributed by atoms with Crippen molar-refractivity contribution < 1.29 is 4.79 Å². The Morgan fingerprint density at radius 1 is 1.42 bits per heavy atom. The molecule has 19 heavy (non-hydrogen) atoms. The third-order valence-electron chi connectivity index (χ3n) is 3.85. The van der Waals surface area contributed by atoms with E-state index in [1.807, 2.05) is 32.0 Å². The number of halogens is 1. The number of nitrogens with two attached hydrogens (primary N) is 1. The molecule has 1 aromatic carbocycles. The van der Waals surface area contributed by atoms with Crippen LogP contribution in [0.2, 0.25) is 5.02 Å². The van der Waals surface area contributed by atoms with Crippen molar-refractivity contribution in [3.05, 3.63) is 34.9 Å². The summed E-state index contributed by atoms with van der Waals surface area (Å²) in [5.74, 6) is 0.501. The maximum absolute atomic E-state index is 11.4. The van der Waals surface area contributed by atoms with E-state index in [0.717, 1.165) is 17.9 Å². The number of amides is 1. The molecule has 1 atom stereocenters. The van der Waals surface area contributed by atoms with Crippen LogP contribution in [0.15, 0.2) is 24.3 Å². The molecule has 3 nitrogen and oxygen atoms in total. The molecule has 0 heterocycles. The fourth-order valence-electron chi connectivity index (χ4n) is 2.64. The lowest BCUT2D eigenvalue weighted by molar-refractivity contribution is -0.121. The molecule has 1 saturated carbocycles. The molecule has 1 unspecified atom stereocenters. The molecule has 4 heteroatoms. The Balaban J connectivity index is 1.88. The number of carbonyl (C=O) groups is 1. The average molecular weight is 281 g/mol. The molecule has 1 aliphatic carbocycles. The van der Waals surface area contributed by atoms with Crippen molar-refractivity contribution in [1.29, 1.82) is 0 Å². The minimum Gasteiger partial charge on any atom is -0.368 e. The molecule has 3 N–H and O–H groups in total. The van der Waals surface area contributed by atoms with Gasteiger partial charge in [-0.2, -0.15) is 0 Å². The third-order valence-corrected chi connectivity index (χ3v) is 4.08. The van der Waals surface area contributed by atoms with Gasteiger partial charge < -0.3 is 11.1 Å². The number of nitrogens with one attached hydrogen (secondary N) is 1. The molecule has 104 valence electrons. The lowest BCUT2D eigenvalue weighted by Crippen LogP contribution is -2.53. The first-order valence-electron chi connectivity index (χ1n) is 6.78. The maximum atomic E-state index is 11.4. The number of benzene rings is 1. The largest absolute Gasteiger partial charge is 0.368 e. The van der Waals surface area contributed by atoms with Gasteiger partial charge in [-0.25, -0.2) is 0 Å². The molecule has 1 fully saturated rings. The van der Waals surface area contributed by atoms with Gasteiger partial charge in [0, 0.05) is 11.1 Å². The minimum absolute atomic E-state index is 0.225. The van der Waals surface area contributed by atoms with E-state index >= 15 is 0 Å². The Kier molecular flexibility index (Phi) is 4.48. The Labute approximate surface area is 119 Å². The van der Waals surface area contributed by atoms with Crippen molar-refractivity contribution >= 4 is 17.5 Å². The van der Waals surface area contributed by atoms with Gasteiger partial charge in [0.15, 0.2) is 0 Å². The maximum Gasteiger partial charge on any atom is 0.234 e. The Morgan fingerprint density at radius 2 is 2.11 bits per heavy atom. The predicted molar refractivity (Wildman–Crippen MR) is 78.2 cm³/mol. The van der Waals surface area contributed by atoms with Crippen LogP contribution in [-0.2, 0) is 4.79 Å². The molecule has 2 rings (SSSR count). The van der Waals surface area contributed by atoms with Gasteiger partial charge in [-0.3, -0.25) is 4.79 Å². The number of carbonyl (C=O) groups excluding carboxylic acids is 1. The number of rotatable bonds is 5. The zero-order chi connectivity index (χ0) is 14.0. The third kappa shape index (κ3) is 3.48. The fraction of sp³-hybridized carbons (Fsp3) is 0.533. The summed E-state index contributed by atoms with van der Waals surface area (Å²) in [4.78, 5) is 11.4. The summed E-state index contributed by atoms with van der Waals surface area (Å²) in [7, 11) is 0. The van der Waals surface area contributed by atoms with Gasteiger partial charge in [-0.1, -0.05) is 37.6 Å². The molecular formula is C15H21ClN2O. The second kappa shape index (κ2) is 5.93. The summed E-state index contributed by atoms with van der Waals surface area (Å²) in [5.41, 5.74) is 6.69. The van der Waals surface area contributed by atoms with E-state index < -0.39 is 0 Å². The van der Waals surface area contributed by atoms with E-state index in [1.54, 1.807) is 0 Å². The molecule has 1 amide bonds. The van der Waals surface area contributed by atoms with Crippen molar-refractivity contribution in [2.45, 2.75) is 44.7 Å².